The Balaban J connectivity index is 1.66. The van der Waals surface area contributed by atoms with Gasteiger partial charge in [0.2, 0.25) is 11.8 Å². The molecule has 1 atom stereocenters. The van der Waals surface area contributed by atoms with E-state index in [9.17, 15) is 9.59 Å². The quantitative estimate of drug-likeness (QED) is 0.642. The zero-order valence-corrected chi connectivity index (χ0v) is 15.9. The monoisotopic (exact) mass is 380 g/mol. The third-order valence-corrected chi connectivity index (χ3v) is 5.26. The lowest BCUT2D eigenvalue weighted by molar-refractivity contribution is -0.115. The molecule has 7 heteroatoms. The Hall–Kier alpha value is -3.06. The number of rotatable bonds is 6. The maximum atomic E-state index is 12.5. The molecule has 2 aromatic carbocycles. The number of primary amides is 1. The van der Waals surface area contributed by atoms with Gasteiger partial charge in [0.1, 0.15) is 0 Å². The van der Waals surface area contributed by atoms with Crippen molar-refractivity contribution < 1.29 is 9.59 Å². The summed E-state index contributed by atoms with van der Waals surface area (Å²) >= 11 is 1.39. The Morgan fingerprint density at radius 2 is 1.78 bits per heavy atom. The van der Waals surface area contributed by atoms with E-state index in [0.717, 1.165) is 16.4 Å². The van der Waals surface area contributed by atoms with Crippen LogP contribution in [-0.2, 0) is 11.8 Å². The fraction of sp³-hybridized carbons (Fsp3) is 0.150. The van der Waals surface area contributed by atoms with Crippen LogP contribution in [0.3, 0.4) is 0 Å². The van der Waals surface area contributed by atoms with Crippen molar-refractivity contribution in [3.8, 4) is 11.3 Å². The van der Waals surface area contributed by atoms with E-state index in [-0.39, 0.29) is 11.2 Å². The van der Waals surface area contributed by atoms with E-state index in [1.807, 2.05) is 55.1 Å². The van der Waals surface area contributed by atoms with Crippen LogP contribution in [0.15, 0.2) is 66.0 Å². The third-order valence-electron chi connectivity index (χ3n) is 4.10. The predicted molar refractivity (Wildman–Crippen MR) is 108 cm³/mol. The molecule has 0 aliphatic heterocycles. The first-order chi connectivity index (χ1) is 13.0. The minimum atomic E-state index is -0.499. The molecule has 3 N–H and O–H groups in total. The highest BCUT2D eigenvalue weighted by atomic mass is 32.2. The van der Waals surface area contributed by atoms with Crippen molar-refractivity contribution in [2.24, 2.45) is 12.8 Å². The van der Waals surface area contributed by atoms with Gasteiger partial charge in [-0.2, -0.15) is 0 Å². The number of aromatic nitrogens is 2. The molecule has 0 saturated heterocycles. The summed E-state index contributed by atoms with van der Waals surface area (Å²) in [5.74, 6) is -0.642. The van der Waals surface area contributed by atoms with Crippen LogP contribution in [0.1, 0.15) is 17.3 Å². The molecule has 1 heterocycles. The summed E-state index contributed by atoms with van der Waals surface area (Å²) in [6.45, 7) is 1.83. The van der Waals surface area contributed by atoms with Gasteiger partial charge in [0.15, 0.2) is 5.16 Å². The molecule has 2 amide bonds. The van der Waals surface area contributed by atoms with Gasteiger partial charge >= 0.3 is 0 Å². The van der Waals surface area contributed by atoms with Crippen molar-refractivity contribution in [1.29, 1.82) is 0 Å². The molecule has 0 fully saturated rings. The highest BCUT2D eigenvalue weighted by Gasteiger charge is 2.18. The molecule has 3 rings (SSSR count). The van der Waals surface area contributed by atoms with Gasteiger partial charge in [0.05, 0.1) is 17.1 Å². The molecule has 0 aliphatic rings. The van der Waals surface area contributed by atoms with E-state index in [0.29, 0.717) is 11.3 Å². The first-order valence-corrected chi connectivity index (χ1v) is 9.28. The number of carbonyl (C=O) groups excluding carboxylic acids is 2. The zero-order valence-electron chi connectivity index (χ0n) is 15.0. The van der Waals surface area contributed by atoms with Gasteiger partial charge in [-0.25, -0.2) is 4.98 Å². The van der Waals surface area contributed by atoms with Gasteiger partial charge in [0, 0.05) is 18.3 Å². The molecule has 0 spiro atoms. The Morgan fingerprint density at radius 3 is 2.41 bits per heavy atom. The minimum absolute atomic E-state index is 0.143. The SMILES string of the molecule is C[C@H](Sc1ncc(-c2ccccc2)n1C)C(=O)Nc1ccc(C(N)=O)cc1. The first kappa shape index (κ1) is 18.7. The van der Waals surface area contributed by atoms with Crippen molar-refractivity contribution in [3.05, 3.63) is 66.4 Å². The van der Waals surface area contributed by atoms with E-state index in [2.05, 4.69) is 10.3 Å². The second kappa shape index (κ2) is 8.09. The summed E-state index contributed by atoms with van der Waals surface area (Å²) in [6, 6.07) is 16.5. The summed E-state index contributed by atoms with van der Waals surface area (Å²) in [5.41, 5.74) is 8.30. The Bertz CT molecular complexity index is 952. The molecule has 27 heavy (non-hydrogen) atoms. The fourth-order valence-corrected chi connectivity index (χ4v) is 3.40. The summed E-state index contributed by atoms with van der Waals surface area (Å²) in [7, 11) is 1.94. The van der Waals surface area contributed by atoms with E-state index in [4.69, 9.17) is 5.73 Å². The number of imidazole rings is 1. The molecule has 3 aromatic rings. The summed E-state index contributed by atoms with van der Waals surface area (Å²) in [5, 5.41) is 3.26. The zero-order chi connectivity index (χ0) is 19.4. The van der Waals surface area contributed by atoms with Gasteiger partial charge in [-0.15, -0.1) is 0 Å². The fourth-order valence-electron chi connectivity index (χ4n) is 2.55. The molecule has 0 aliphatic carbocycles. The van der Waals surface area contributed by atoms with Gasteiger partial charge in [-0.3, -0.25) is 9.59 Å². The lowest BCUT2D eigenvalue weighted by Gasteiger charge is -2.12. The number of benzene rings is 2. The average Bonchev–Trinajstić information content (AvgIpc) is 3.03. The second-order valence-corrected chi connectivity index (χ2v) is 7.35. The van der Waals surface area contributed by atoms with Crippen molar-refractivity contribution >= 4 is 29.3 Å². The van der Waals surface area contributed by atoms with E-state index < -0.39 is 5.91 Å². The average molecular weight is 380 g/mol. The lowest BCUT2D eigenvalue weighted by Crippen LogP contribution is -2.23. The third kappa shape index (κ3) is 4.38. The Kier molecular flexibility index (Phi) is 5.61. The number of carbonyl (C=O) groups is 2. The highest BCUT2D eigenvalue weighted by molar-refractivity contribution is 8.00. The van der Waals surface area contributed by atoms with Crippen LogP contribution in [0.2, 0.25) is 0 Å². The minimum Gasteiger partial charge on any atom is -0.366 e. The van der Waals surface area contributed by atoms with Crippen LogP contribution in [-0.4, -0.2) is 26.6 Å². The van der Waals surface area contributed by atoms with E-state index in [1.165, 1.54) is 11.8 Å². The first-order valence-electron chi connectivity index (χ1n) is 8.40. The highest BCUT2D eigenvalue weighted by Crippen LogP contribution is 2.27. The molecule has 138 valence electrons. The number of anilines is 1. The van der Waals surface area contributed by atoms with Crippen LogP contribution in [0.5, 0.6) is 0 Å². The number of thioether (sulfide) groups is 1. The van der Waals surface area contributed by atoms with Crippen LogP contribution in [0.25, 0.3) is 11.3 Å². The number of hydrogen-bond acceptors (Lipinski definition) is 4. The van der Waals surface area contributed by atoms with Gasteiger partial charge in [0.25, 0.3) is 0 Å². The van der Waals surface area contributed by atoms with Crippen LogP contribution < -0.4 is 11.1 Å². The van der Waals surface area contributed by atoms with E-state index >= 15 is 0 Å². The molecule has 0 radical (unpaired) electrons. The Morgan fingerprint density at radius 1 is 1.11 bits per heavy atom. The van der Waals surface area contributed by atoms with E-state index in [1.54, 1.807) is 24.3 Å². The summed E-state index contributed by atoms with van der Waals surface area (Å²) in [4.78, 5) is 28.0. The van der Waals surface area contributed by atoms with Crippen molar-refractivity contribution in [3.63, 3.8) is 0 Å². The number of hydrogen-bond donors (Lipinski definition) is 2. The summed E-state index contributed by atoms with van der Waals surface area (Å²) < 4.78 is 1.98. The van der Waals surface area contributed by atoms with Crippen LogP contribution >= 0.6 is 11.8 Å². The molecule has 6 nitrogen and oxygen atoms in total. The normalized spacial score (nSPS) is 11.8. The van der Waals surface area contributed by atoms with Crippen LogP contribution in [0.4, 0.5) is 5.69 Å². The predicted octanol–water partition coefficient (Wildman–Crippen LogP) is 3.31. The maximum absolute atomic E-state index is 12.5. The maximum Gasteiger partial charge on any atom is 0.248 e. The number of nitrogens with one attached hydrogen (secondary N) is 1. The molecular weight excluding hydrogens is 360 g/mol. The standard InChI is InChI=1S/C20H20N4O2S/c1-13(19(26)23-16-10-8-15(9-11-16)18(21)25)27-20-22-12-17(24(20)2)14-6-4-3-5-7-14/h3-13H,1-2H3,(H2,21,25)(H,23,26)/t13-/m0/s1. The number of nitrogens with two attached hydrogens (primary N) is 1. The van der Waals surface area contributed by atoms with Crippen molar-refractivity contribution in [1.82, 2.24) is 9.55 Å². The number of amides is 2. The van der Waals surface area contributed by atoms with Gasteiger partial charge in [-0.1, -0.05) is 42.1 Å². The second-order valence-electron chi connectivity index (χ2n) is 6.04. The lowest BCUT2D eigenvalue weighted by atomic mass is 10.2. The molecular formula is C20H20N4O2S. The molecule has 0 saturated carbocycles. The van der Waals surface area contributed by atoms with Crippen molar-refractivity contribution in [2.75, 3.05) is 5.32 Å². The Labute approximate surface area is 161 Å². The molecule has 0 bridgehead atoms. The van der Waals surface area contributed by atoms with Gasteiger partial charge in [-0.05, 0) is 36.8 Å². The van der Waals surface area contributed by atoms with Crippen LogP contribution in [0, 0.1) is 0 Å². The molecule has 1 aromatic heterocycles. The number of nitrogens with zero attached hydrogens (tertiary/aromatic N) is 2. The largest absolute Gasteiger partial charge is 0.366 e. The molecule has 0 unspecified atom stereocenters. The van der Waals surface area contributed by atoms with Crippen molar-refractivity contribution in [2.45, 2.75) is 17.3 Å². The van der Waals surface area contributed by atoms with Gasteiger partial charge < -0.3 is 15.6 Å². The summed E-state index contributed by atoms with van der Waals surface area (Å²) in [6.07, 6.45) is 1.81. The topological polar surface area (TPSA) is 90.0 Å². The smallest absolute Gasteiger partial charge is 0.248 e.